The molecular weight excluding hydrogens is 196 g/mol. The van der Waals surface area contributed by atoms with Gasteiger partial charge in [0.2, 0.25) is 11.6 Å². The van der Waals surface area contributed by atoms with Gasteiger partial charge in [-0.05, 0) is 23.1 Å². The fourth-order valence-electron chi connectivity index (χ4n) is 0.509. The van der Waals surface area contributed by atoms with Gasteiger partial charge in [0.1, 0.15) is 0 Å². The molecular formula is C4H2N6S2. The van der Waals surface area contributed by atoms with Gasteiger partial charge in [-0.25, -0.2) is 0 Å². The monoisotopic (exact) mass is 198 g/mol. The lowest BCUT2D eigenvalue weighted by Gasteiger charge is -1.77. The van der Waals surface area contributed by atoms with Gasteiger partial charge in [0.05, 0.1) is 10.8 Å². The summed E-state index contributed by atoms with van der Waals surface area (Å²) in [5.41, 5.74) is 0. The molecule has 6 nitrogen and oxygen atoms in total. The van der Waals surface area contributed by atoms with Crippen molar-refractivity contribution in [1.82, 2.24) is 19.2 Å². The van der Waals surface area contributed by atoms with Crippen LogP contribution in [0.3, 0.4) is 0 Å². The minimum atomic E-state index is 0.494. The highest BCUT2D eigenvalue weighted by Gasteiger charge is 1.93. The lowest BCUT2D eigenvalue weighted by Crippen LogP contribution is -1.64. The molecule has 0 aliphatic heterocycles. The Kier molecular flexibility index (Phi) is 2.10. The van der Waals surface area contributed by atoms with Crippen LogP contribution in [-0.2, 0) is 0 Å². The second-order valence-electron chi connectivity index (χ2n) is 1.73. The van der Waals surface area contributed by atoms with Crippen LogP contribution in [0, 0.1) is 0 Å². The van der Waals surface area contributed by atoms with E-state index in [0.717, 1.165) is 0 Å². The van der Waals surface area contributed by atoms with Crippen molar-refractivity contribution >= 4 is 34.7 Å². The normalized spacial score (nSPS) is 11.0. The summed E-state index contributed by atoms with van der Waals surface area (Å²) >= 11 is 2.46. The van der Waals surface area contributed by atoms with Crippen molar-refractivity contribution in [3.8, 4) is 0 Å². The third-order valence-corrected chi connectivity index (χ3v) is 1.94. The molecule has 0 aliphatic rings. The van der Waals surface area contributed by atoms with Crippen molar-refractivity contribution < 1.29 is 0 Å². The maximum absolute atomic E-state index is 3.77. The summed E-state index contributed by atoms with van der Waals surface area (Å²) in [5.74, 6) is 0.987. The number of nitrogens with zero attached hydrogens (tertiary/aromatic N) is 6. The second kappa shape index (κ2) is 3.41. The van der Waals surface area contributed by atoms with Crippen molar-refractivity contribution in [3.05, 3.63) is 10.8 Å². The van der Waals surface area contributed by atoms with Crippen LogP contribution in [0.4, 0.5) is 11.6 Å². The maximum Gasteiger partial charge on any atom is 0.208 e. The van der Waals surface area contributed by atoms with Gasteiger partial charge >= 0.3 is 0 Å². The molecule has 2 aromatic rings. The van der Waals surface area contributed by atoms with E-state index in [1.807, 2.05) is 0 Å². The van der Waals surface area contributed by atoms with Crippen LogP contribution in [0.1, 0.15) is 0 Å². The summed E-state index contributed by atoms with van der Waals surface area (Å²) in [5, 5.41) is 18.3. The van der Waals surface area contributed by atoms with E-state index in [4.69, 9.17) is 0 Å². The Hall–Kier alpha value is -1.28. The smallest absolute Gasteiger partial charge is 0.125 e. The predicted octanol–water partition coefficient (Wildman–Crippen LogP) is 1.80. The van der Waals surface area contributed by atoms with E-state index in [2.05, 4.69) is 29.4 Å². The summed E-state index contributed by atoms with van der Waals surface area (Å²) in [6, 6.07) is 0. The second-order valence-corrected chi connectivity index (χ2v) is 2.95. The van der Waals surface area contributed by atoms with E-state index in [0.29, 0.717) is 11.6 Å². The van der Waals surface area contributed by atoms with Gasteiger partial charge in [-0.3, -0.25) is 0 Å². The van der Waals surface area contributed by atoms with Crippen LogP contribution in [0.15, 0.2) is 21.0 Å². The molecule has 0 saturated carbocycles. The molecule has 0 aliphatic carbocycles. The van der Waals surface area contributed by atoms with E-state index in [9.17, 15) is 0 Å². The molecule has 2 rings (SSSR count). The zero-order chi connectivity index (χ0) is 8.23. The first-order chi connectivity index (χ1) is 5.95. The number of hydrogen-bond donors (Lipinski definition) is 0. The third-order valence-electron chi connectivity index (χ3n) is 0.952. The Bertz CT molecular complexity index is 315. The van der Waals surface area contributed by atoms with Gasteiger partial charge in [-0.15, -0.1) is 20.4 Å². The largest absolute Gasteiger partial charge is 0.208 e. The molecule has 2 aromatic heterocycles. The van der Waals surface area contributed by atoms with Gasteiger partial charge in [0, 0.05) is 0 Å². The predicted molar refractivity (Wildman–Crippen MR) is 44.0 cm³/mol. The van der Waals surface area contributed by atoms with Gasteiger partial charge in [0.15, 0.2) is 0 Å². The van der Waals surface area contributed by atoms with Crippen molar-refractivity contribution in [3.63, 3.8) is 0 Å². The molecule has 0 atom stereocenters. The lowest BCUT2D eigenvalue weighted by atomic mass is 10.8. The third kappa shape index (κ3) is 1.66. The first-order valence-corrected chi connectivity index (χ1v) is 4.58. The molecule has 0 fully saturated rings. The summed E-state index contributed by atoms with van der Waals surface area (Å²) < 4.78 is 7.25. The highest BCUT2D eigenvalue weighted by Crippen LogP contribution is 2.14. The van der Waals surface area contributed by atoms with E-state index < -0.39 is 0 Å². The molecule has 12 heavy (non-hydrogen) atoms. The fraction of sp³-hybridized carbons (Fsp3) is 0. The highest BCUT2D eigenvalue weighted by atomic mass is 32.1. The van der Waals surface area contributed by atoms with Crippen molar-refractivity contribution in [2.45, 2.75) is 0 Å². The summed E-state index contributed by atoms with van der Waals surface area (Å²) in [4.78, 5) is 0. The highest BCUT2D eigenvalue weighted by molar-refractivity contribution is 7.03. The quantitative estimate of drug-likeness (QED) is 0.689. The minimum Gasteiger partial charge on any atom is -0.125 e. The Morgan fingerprint density at radius 3 is 1.75 bits per heavy atom. The summed E-state index contributed by atoms with van der Waals surface area (Å²) in [7, 11) is 0. The van der Waals surface area contributed by atoms with E-state index in [1.165, 1.54) is 23.1 Å². The summed E-state index contributed by atoms with van der Waals surface area (Å²) in [6.45, 7) is 0. The molecule has 2 heterocycles. The summed E-state index contributed by atoms with van der Waals surface area (Å²) in [6.07, 6.45) is 0. The topological polar surface area (TPSA) is 76.3 Å². The first-order valence-electron chi connectivity index (χ1n) is 2.91. The molecule has 0 spiro atoms. The standard InChI is InChI=1S/C4H2N6S2/c1-3(7-9-11-1)5-6-4-2-12-10-8-4/h1-2H/b6-5+. The van der Waals surface area contributed by atoms with E-state index in [-0.39, 0.29) is 0 Å². The number of rotatable bonds is 2. The fourth-order valence-corrected chi connectivity index (χ4v) is 1.24. The average Bonchev–Trinajstić information content (AvgIpc) is 2.74. The molecule has 0 saturated heterocycles. The van der Waals surface area contributed by atoms with Gasteiger partial charge in [0.25, 0.3) is 0 Å². The molecule has 60 valence electrons. The van der Waals surface area contributed by atoms with Crippen molar-refractivity contribution in [1.29, 1.82) is 0 Å². The average molecular weight is 198 g/mol. The molecule has 8 heteroatoms. The Balaban J connectivity index is 2.14. The molecule has 0 unspecified atom stereocenters. The Labute approximate surface area is 75.3 Å². The Morgan fingerprint density at radius 1 is 0.917 bits per heavy atom. The zero-order valence-electron chi connectivity index (χ0n) is 5.65. The molecule has 0 amide bonds. The first kappa shape index (κ1) is 7.37. The van der Waals surface area contributed by atoms with Crippen molar-refractivity contribution in [2.75, 3.05) is 0 Å². The zero-order valence-corrected chi connectivity index (χ0v) is 7.29. The van der Waals surface area contributed by atoms with Crippen LogP contribution >= 0.6 is 23.1 Å². The molecule has 0 aromatic carbocycles. The number of hydrogen-bond acceptors (Lipinski definition) is 8. The minimum absolute atomic E-state index is 0.494. The Morgan fingerprint density at radius 2 is 1.42 bits per heavy atom. The van der Waals surface area contributed by atoms with Crippen LogP contribution in [0.5, 0.6) is 0 Å². The SMILES string of the molecule is c1snnc1/N=N/c1csnn1. The molecule has 0 bridgehead atoms. The van der Waals surface area contributed by atoms with Gasteiger partial charge in [-0.2, -0.15) is 0 Å². The van der Waals surface area contributed by atoms with Crippen LogP contribution in [0.25, 0.3) is 0 Å². The lowest BCUT2D eigenvalue weighted by molar-refractivity contribution is 1.05. The van der Waals surface area contributed by atoms with Crippen LogP contribution in [0.2, 0.25) is 0 Å². The number of aromatic nitrogens is 4. The molecule has 0 N–H and O–H groups in total. The number of azo groups is 1. The van der Waals surface area contributed by atoms with Crippen LogP contribution < -0.4 is 0 Å². The van der Waals surface area contributed by atoms with Crippen molar-refractivity contribution in [2.24, 2.45) is 10.2 Å². The molecule has 0 radical (unpaired) electrons. The van der Waals surface area contributed by atoms with E-state index in [1.54, 1.807) is 10.8 Å². The van der Waals surface area contributed by atoms with Crippen LogP contribution in [-0.4, -0.2) is 19.2 Å². The van der Waals surface area contributed by atoms with E-state index >= 15 is 0 Å². The van der Waals surface area contributed by atoms with Gasteiger partial charge in [-0.1, -0.05) is 8.98 Å². The maximum atomic E-state index is 3.77. The van der Waals surface area contributed by atoms with Gasteiger partial charge < -0.3 is 0 Å².